The molecule has 2 aliphatic heterocycles. The molecule has 2 heterocycles. The van der Waals surface area contributed by atoms with Gasteiger partial charge in [0.15, 0.2) is 5.72 Å². The summed E-state index contributed by atoms with van der Waals surface area (Å²) >= 11 is 0. The maximum Gasteiger partial charge on any atom is 0.335 e. The van der Waals surface area contributed by atoms with Crippen LogP contribution in [-0.4, -0.2) is 34.8 Å². The first-order chi connectivity index (χ1) is 8.90. The maximum absolute atomic E-state index is 11.9. The minimum Gasteiger partial charge on any atom is -0.478 e. The van der Waals surface area contributed by atoms with Crippen molar-refractivity contribution in [3.05, 3.63) is 29.3 Å². The SMILES string of the molecule is CN1C(=O)N[C@@H]2C[C@]1(C)Oc1ccc(C(=O)O)cc12. The standard InChI is InChI=1S/C13H14N2O4/c1-13-6-9(14-12(18)15(13)2)8-5-7(11(16)17)3-4-10(8)19-13/h3-5,9H,6H2,1-2H3,(H,14,18)(H,16,17)/t9-,13+/m1/s1. The third-order valence-corrected chi connectivity index (χ3v) is 3.86. The smallest absolute Gasteiger partial charge is 0.335 e. The van der Waals surface area contributed by atoms with E-state index in [1.54, 1.807) is 19.2 Å². The van der Waals surface area contributed by atoms with Crippen molar-refractivity contribution >= 4 is 12.0 Å². The minimum atomic E-state index is -0.990. The number of carboxylic acid groups (broad SMARTS) is 1. The Morgan fingerprint density at radius 1 is 1.58 bits per heavy atom. The van der Waals surface area contributed by atoms with Crippen LogP contribution >= 0.6 is 0 Å². The highest BCUT2D eigenvalue weighted by Gasteiger charge is 2.47. The largest absolute Gasteiger partial charge is 0.478 e. The molecule has 1 saturated heterocycles. The van der Waals surface area contributed by atoms with Crippen LogP contribution in [0.5, 0.6) is 5.75 Å². The summed E-state index contributed by atoms with van der Waals surface area (Å²) in [5, 5.41) is 11.9. The van der Waals surface area contributed by atoms with E-state index in [4.69, 9.17) is 9.84 Å². The number of ether oxygens (including phenoxy) is 1. The van der Waals surface area contributed by atoms with Crippen LogP contribution in [0.25, 0.3) is 0 Å². The van der Waals surface area contributed by atoms with Crippen LogP contribution in [0.1, 0.15) is 35.3 Å². The van der Waals surface area contributed by atoms with Gasteiger partial charge < -0.3 is 15.2 Å². The second-order valence-electron chi connectivity index (χ2n) is 5.10. The Kier molecular flexibility index (Phi) is 2.26. The number of aromatic carboxylic acids is 1. The van der Waals surface area contributed by atoms with Crippen LogP contribution in [0.3, 0.4) is 0 Å². The Morgan fingerprint density at radius 3 is 3.00 bits per heavy atom. The van der Waals surface area contributed by atoms with Crippen LogP contribution in [0.2, 0.25) is 0 Å². The average Bonchev–Trinajstić information content (AvgIpc) is 2.35. The molecule has 0 spiro atoms. The second kappa shape index (κ2) is 3.63. The summed E-state index contributed by atoms with van der Waals surface area (Å²) in [6.45, 7) is 1.85. The molecule has 0 radical (unpaired) electrons. The van der Waals surface area contributed by atoms with Gasteiger partial charge >= 0.3 is 12.0 Å². The van der Waals surface area contributed by atoms with Crippen molar-refractivity contribution in [2.75, 3.05) is 7.05 Å². The monoisotopic (exact) mass is 262 g/mol. The summed E-state index contributed by atoms with van der Waals surface area (Å²) < 4.78 is 5.88. The molecule has 1 aromatic rings. The third kappa shape index (κ3) is 1.63. The topological polar surface area (TPSA) is 78.9 Å². The van der Waals surface area contributed by atoms with Crippen molar-refractivity contribution in [3.63, 3.8) is 0 Å². The lowest BCUT2D eigenvalue weighted by atomic mass is 9.90. The number of carboxylic acids is 1. The van der Waals surface area contributed by atoms with E-state index in [-0.39, 0.29) is 17.6 Å². The number of rotatable bonds is 1. The first-order valence-corrected chi connectivity index (χ1v) is 6.01. The number of hydrogen-bond donors (Lipinski definition) is 2. The van der Waals surface area contributed by atoms with Gasteiger partial charge in [0, 0.05) is 19.0 Å². The Hall–Kier alpha value is -2.24. The van der Waals surface area contributed by atoms with E-state index in [9.17, 15) is 9.59 Å². The van der Waals surface area contributed by atoms with Crippen molar-refractivity contribution < 1.29 is 19.4 Å². The van der Waals surface area contributed by atoms with Crippen LogP contribution in [-0.2, 0) is 0 Å². The molecule has 2 atom stereocenters. The molecule has 2 aliphatic rings. The Morgan fingerprint density at radius 2 is 2.32 bits per heavy atom. The number of amides is 2. The molecule has 2 N–H and O–H groups in total. The summed E-state index contributed by atoms with van der Waals surface area (Å²) in [7, 11) is 1.68. The molecule has 0 unspecified atom stereocenters. The number of carbonyl (C=O) groups is 2. The lowest BCUT2D eigenvalue weighted by Gasteiger charge is -2.49. The lowest BCUT2D eigenvalue weighted by Crippen LogP contribution is -2.63. The summed E-state index contributed by atoms with van der Waals surface area (Å²) in [6.07, 6.45) is 0.589. The third-order valence-electron chi connectivity index (χ3n) is 3.86. The van der Waals surface area contributed by atoms with E-state index in [1.807, 2.05) is 6.92 Å². The quantitative estimate of drug-likeness (QED) is 0.805. The zero-order chi connectivity index (χ0) is 13.8. The number of urea groups is 1. The van der Waals surface area contributed by atoms with Gasteiger partial charge in [0.1, 0.15) is 5.75 Å². The summed E-state index contributed by atoms with van der Waals surface area (Å²) in [5.74, 6) is -0.369. The van der Waals surface area contributed by atoms with Crippen LogP contribution < -0.4 is 10.1 Å². The van der Waals surface area contributed by atoms with Crippen molar-refractivity contribution in [2.45, 2.75) is 25.1 Å². The maximum atomic E-state index is 11.9. The molecule has 6 nitrogen and oxygen atoms in total. The van der Waals surface area contributed by atoms with E-state index in [2.05, 4.69) is 5.32 Å². The summed E-state index contributed by atoms with van der Waals surface area (Å²) in [5.41, 5.74) is 0.225. The van der Waals surface area contributed by atoms with Gasteiger partial charge in [-0.25, -0.2) is 9.59 Å². The second-order valence-corrected chi connectivity index (χ2v) is 5.10. The van der Waals surface area contributed by atoms with Crippen LogP contribution in [0, 0.1) is 0 Å². The van der Waals surface area contributed by atoms with E-state index in [0.29, 0.717) is 12.2 Å². The zero-order valence-electron chi connectivity index (χ0n) is 10.6. The number of nitrogens with zero attached hydrogens (tertiary/aromatic N) is 1. The molecule has 100 valence electrons. The zero-order valence-corrected chi connectivity index (χ0v) is 10.6. The highest BCUT2D eigenvalue weighted by molar-refractivity contribution is 5.88. The molecule has 6 heteroatoms. The Balaban J connectivity index is 2.09. The van der Waals surface area contributed by atoms with Gasteiger partial charge in [0.05, 0.1) is 11.6 Å². The fourth-order valence-corrected chi connectivity index (χ4v) is 2.61. The molecular formula is C13H14N2O4. The van der Waals surface area contributed by atoms with Crippen LogP contribution in [0.4, 0.5) is 4.79 Å². The van der Waals surface area contributed by atoms with Gasteiger partial charge in [-0.15, -0.1) is 0 Å². The number of carbonyl (C=O) groups excluding carboxylic acids is 1. The average molecular weight is 262 g/mol. The Labute approximate surface area is 110 Å². The predicted octanol–water partition coefficient (Wildman–Crippen LogP) is 1.58. The van der Waals surface area contributed by atoms with E-state index < -0.39 is 11.7 Å². The van der Waals surface area contributed by atoms with Crippen molar-refractivity contribution in [1.82, 2.24) is 10.2 Å². The minimum absolute atomic E-state index is 0.194. The number of hydrogen-bond acceptors (Lipinski definition) is 3. The fourth-order valence-electron chi connectivity index (χ4n) is 2.61. The molecule has 2 amide bonds. The van der Waals surface area contributed by atoms with E-state index in [0.717, 1.165) is 5.56 Å². The van der Waals surface area contributed by atoms with Gasteiger partial charge in [0.25, 0.3) is 0 Å². The van der Waals surface area contributed by atoms with E-state index in [1.165, 1.54) is 11.0 Å². The highest BCUT2D eigenvalue weighted by atomic mass is 16.5. The molecule has 0 aliphatic carbocycles. The van der Waals surface area contributed by atoms with Gasteiger partial charge in [-0.05, 0) is 25.1 Å². The molecule has 2 bridgehead atoms. The van der Waals surface area contributed by atoms with Crippen molar-refractivity contribution in [1.29, 1.82) is 0 Å². The Bertz CT molecular complexity index is 586. The summed E-state index contributed by atoms with van der Waals surface area (Å²) in [6, 6.07) is 4.29. The van der Waals surface area contributed by atoms with Gasteiger partial charge in [-0.3, -0.25) is 4.90 Å². The summed E-state index contributed by atoms with van der Waals surface area (Å²) in [4.78, 5) is 24.4. The predicted molar refractivity (Wildman–Crippen MR) is 66.1 cm³/mol. The van der Waals surface area contributed by atoms with Gasteiger partial charge in [-0.2, -0.15) is 0 Å². The first-order valence-electron chi connectivity index (χ1n) is 6.01. The highest BCUT2D eigenvalue weighted by Crippen LogP contribution is 2.43. The molecule has 1 fully saturated rings. The van der Waals surface area contributed by atoms with Gasteiger partial charge in [0.2, 0.25) is 0 Å². The fraction of sp³-hybridized carbons (Fsp3) is 0.385. The molecule has 19 heavy (non-hydrogen) atoms. The molecule has 0 saturated carbocycles. The number of benzene rings is 1. The number of fused-ring (bicyclic) bond motifs is 4. The first kappa shape index (κ1) is 11.8. The van der Waals surface area contributed by atoms with Crippen molar-refractivity contribution in [2.24, 2.45) is 0 Å². The van der Waals surface area contributed by atoms with Crippen molar-refractivity contribution in [3.8, 4) is 5.75 Å². The molecular weight excluding hydrogens is 248 g/mol. The lowest BCUT2D eigenvalue weighted by molar-refractivity contribution is -0.0718. The number of nitrogens with one attached hydrogen (secondary N) is 1. The van der Waals surface area contributed by atoms with E-state index >= 15 is 0 Å². The normalized spacial score (nSPS) is 28.2. The van der Waals surface area contributed by atoms with Crippen LogP contribution in [0.15, 0.2) is 18.2 Å². The molecule has 0 aromatic heterocycles. The van der Waals surface area contributed by atoms with Gasteiger partial charge in [-0.1, -0.05) is 0 Å². The molecule has 1 aromatic carbocycles. The molecule has 3 rings (SSSR count).